The normalized spacial score (nSPS) is 33.2. The number of benzene rings is 1. The third kappa shape index (κ3) is 2.84. The number of nitrogens with zero attached hydrogens (tertiary/aromatic N) is 1. The van der Waals surface area contributed by atoms with E-state index in [4.69, 9.17) is 0 Å². The highest BCUT2D eigenvalue weighted by Crippen LogP contribution is 2.52. The number of nitrogens with one attached hydrogen (secondary N) is 2. The molecule has 0 radical (unpaired) electrons. The Balaban J connectivity index is 1.42. The number of aldehydes is 1. The molecule has 6 nitrogen and oxygen atoms in total. The zero-order valence-corrected chi connectivity index (χ0v) is 15.9. The van der Waals surface area contributed by atoms with Crippen molar-refractivity contribution < 1.29 is 23.2 Å². The maximum absolute atomic E-state index is 14.9. The average molecular weight is 403 g/mol. The Labute approximate surface area is 167 Å². The van der Waals surface area contributed by atoms with Gasteiger partial charge in [0.15, 0.2) is 17.9 Å². The first-order chi connectivity index (χ1) is 14.0. The van der Waals surface area contributed by atoms with E-state index in [1.807, 2.05) is 0 Å². The molecule has 1 saturated carbocycles. The first-order valence-electron chi connectivity index (χ1n) is 10.2. The number of hydrogen-bond acceptors (Lipinski definition) is 5. The van der Waals surface area contributed by atoms with E-state index in [1.54, 1.807) is 4.90 Å². The number of Topliss-reactive ketones (excluding diaryl/α,β-unsaturated/α-hetero) is 1. The number of piperidine rings is 3. The molecule has 8 heteroatoms. The van der Waals surface area contributed by atoms with Crippen LogP contribution in [-0.4, -0.2) is 54.6 Å². The number of rotatable bonds is 4. The lowest BCUT2D eigenvalue weighted by Crippen LogP contribution is -2.52. The van der Waals surface area contributed by atoms with Gasteiger partial charge in [0.2, 0.25) is 5.78 Å². The first kappa shape index (κ1) is 18.8. The van der Waals surface area contributed by atoms with Crippen LogP contribution in [0.15, 0.2) is 6.07 Å². The van der Waals surface area contributed by atoms with Crippen LogP contribution in [0.25, 0.3) is 0 Å². The predicted molar refractivity (Wildman–Crippen MR) is 99.3 cm³/mol. The van der Waals surface area contributed by atoms with Crippen LogP contribution in [0.5, 0.6) is 0 Å². The molecule has 4 atom stereocenters. The molecule has 2 saturated heterocycles. The topological polar surface area (TPSA) is 78.5 Å². The van der Waals surface area contributed by atoms with Gasteiger partial charge >= 0.3 is 0 Å². The molecule has 0 spiro atoms. The van der Waals surface area contributed by atoms with Gasteiger partial charge in [-0.15, -0.1) is 0 Å². The Kier molecular flexibility index (Phi) is 4.51. The maximum Gasteiger partial charge on any atom is 0.254 e. The Hall–Kier alpha value is -2.19. The number of carbonyl (C=O) groups excluding carboxylic acids is 3. The second-order valence-corrected chi connectivity index (χ2v) is 8.70. The summed E-state index contributed by atoms with van der Waals surface area (Å²) >= 11 is 0. The van der Waals surface area contributed by atoms with Crippen LogP contribution in [0.4, 0.5) is 8.78 Å². The average Bonchev–Trinajstić information content (AvgIpc) is 3.07. The number of fused-ring (bicyclic) bond motifs is 3. The highest BCUT2D eigenvalue weighted by atomic mass is 19.2. The van der Waals surface area contributed by atoms with Gasteiger partial charge in [0.05, 0.1) is 6.04 Å². The van der Waals surface area contributed by atoms with E-state index in [9.17, 15) is 23.2 Å². The largest absolute Gasteiger partial charge is 0.330 e. The minimum absolute atomic E-state index is 0.0347. The first-order valence-corrected chi connectivity index (χ1v) is 10.2. The van der Waals surface area contributed by atoms with Gasteiger partial charge in [0.1, 0.15) is 0 Å². The lowest BCUT2D eigenvalue weighted by Gasteiger charge is -2.50. The molecule has 2 bridgehead atoms. The Morgan fingerprint density at radius 3 is 2.55 bits per heavy atom. The zero-order valence-electron chi connectivity index (χ0n) is 15.9. The highest BCUT2D eigenvalue weighted by Gasteiger charge is 2.49. The molecule has 1 aliphatic carbocycles. The molecule has 4 aliphatic rings. The summed E-state index contributed by atoms with van der Waals surface area (Å²) in [6.45, 7) is 2.23. The quantitative estimate of drug-likeness (QED) is 0.582. The fourth-order valence-electron chi connectivity index (χ4n) is 5.73. The molecular weight excluding hydrogens is 380 g/mol. The third-order valence-corrected chi connectivity index (χ3v) is 7.24. The fourth-order valence-corrected chi connectivity index (χ4v) is 5.73. The van der Waals surface area contributed by atoms with Gasteiger partial charge in [-0.2, -0.15) is 0 Å². The molecule has 154 valence electrons. The van der Waals surface area contributed by atoms with Crippen LogP contribution < -0.4 is 10.6 Å². The van der Waals surface area contributed by atoms with Gasteiger partial charge in [-0.25, -0.2) is 8.78 Å². The van der Waals surface area contributed by atoms with Crippen molar-refractivity contribution in [3.8, 4) is 0 Å². The smallest absolute Gasteiger partial charge is 0.254 e. The van der Waals surface area contributed by atoms with Crippen LogP contribution in [0.3, 0.4) is 0 Å². The van der Waals surface area contributed by atoms with E-state index in [0.717, 1.165) is 25.6 Å². The Morgan fingerprint density at radius 2 is 1.93 bits per heavy atom. The highest BCUT2D eigenvalue weighted by molar-refractivity contribution is 6.27. The fraction of sp³-hybridized carbons (Fsp3) is 0.571. The second kappa shape index (κ2) is 6.95. The summed E-state index contributed by atoms with van der Waals surface area (Å²) in [6.07, 6.45) is 2.35. The molecule has 3 aliphatic heterocycles. The number of carbonyl (C=O) groups is 3. The van der Waals surface area contributed by atoms with Crippen LogP contribution in [0.2, 0.25) is 0 Å². The molecule has 29 heavy (non-hydrogen) atoms. The molecule has 1 aromatic rings. The van der Waals surface area contributed by atoms with Crippen molar-refractivity contribution in [2.24, 2.45) is 11.8 Å². The van der Waals surface area contributed by atoms with Gasteiger partial charge in [0, 0.05) is 30.3 Å². The molecule has 3 fully saturated rings. The van der Waals surface area contributed by atoms with E-state index in [1.165, 1.54) is 0 Å². The van der Waals surface area contributed by atoms with E-state index in [0.29, 0.717) is 36.8 Å². The monoisotopic (exact) mass is 403 g/mol. The van der Waals surface area contributed by atoms with E-state index in [-0.39, 0.29) is 41.8 Å². The summed E-state index contributed by atoms with van der Waals surface area (Å²) in [5.41, 5.74) is 1.29. The van der Waals surface area contributed by atoms with Gasteiger partial charge in [0.25, 0.3) is 5.91 Å². The van der Waals surface area contributed by atoms with Crippen LogP contribution in [-0.2, 0) is 16.1 Å². The Bertz CT molecular complexity index is 884. The predicted octanol–water partition coefficient (Wildman–Crippen LogP) is 1.13. The van der Waals surface area contributed by atoms with Crippen molar-refractivity contribution in [1.29, 1.82) is 0 Å². The summed E-state index contributed by atoms with van der Waals surface area (Å²) in [6, 6.07) is 0.348. The summed E-state index contributed by atoms with van der Waals surface area (Å²) in [7, 11) is 0. The summed E-state index contributed by atoms with van der Waals surface area (Å²) in [5, 5.41) is 6.35. The van der Waals surface area contributed by atoms with Gasteiger partial charge in [-0.05, 0) is 61.7 Å². The second-order valence-electron chi connectivity index (χ2n) is 8.70. The van der Waals surface area contributed by atoms with Crippen molar-refractivity contribution in [2.75, 3.05) is 19.6 Å². The zero-order chi connectivity index (χ0) is 20.3. The third-order valence-electron chi connectivity index (χ3n) is 7.24. The molecule has 3 heterocycles. The van der Waals surface area contributed by atoms with Crippen molar-refractivity contribution in [3.05, 3.63) is 34.4 Å². The molecule has 1 amide bonds. The minimum Gasteiger partial charge on any atom is -0.330 e. The van der Waals surface area contributed by atoms with Gasteiger partial charge in [-0.1, -0.05) is 0 Å². The molecule has 1 aromatic carbocycles. The minimum atomic E-state index is -0.953. The van der Waals surface area contributed by atoms with Gasteiger partial charge < -0.3 is 15.5 Å². The van der Waals surface area contributed by atoms with Crippen LogP contribution >= 0.6 is 0 Å². The summed E-state index contributed by atoms with van der Waals surface area (Å²) in [5.74, 6) is -2.00. The van der Waals surface area contributed by atoms with E-state index < -0.39 is 23.5 Å². The molecule has 2 N–H and O–H groups in total. The summed E-state index contributed by atoms with van der Waals surface area (Å²) in [4.78, 5) is 37.0. The van der Waals surface area contributed by atoms with Crippen molar-refractivity contribution in [2.45, 2.75) is 43.8 Å². The SMILES string of the molecule is O=CC(=O)C1CCC(N2Cc3c(cc(F)c(F)c3C3C4CNCC3C4)C2=O)CN1. The van der Waals surface area contributed by atoms with Crippen molar-refractivity contribution in [1.82, 2.24) is 15.5 Å². The lowest BCUT2D eigenvalue weighted by atomic mass is 9.59. The molecular formula is C21H23F2N3O3. The van der Waals surface area contributed by atoms with Crippen LogP contribution in [0.1, 0.15) is 46.7 Å². The van der Waals surface area contributed by atoms with Gasteiger partial charge in [-0.3, -0.25) is 14.4 Å². The van der Waals surface area contributed by atoms with E-state index >= 15 is 0 Å². The number of hydrogen-bond donors (Lipinski definition) is 2. The van der Waals surface area contributed by atoms with Crippen LogP contribution in [0, 0.1) is 23.5 Å². The molecule has 0 aromatic heterocycles. The van der Waals surface area contributed by atoms with Crippen molar-refractivity contribution >= 4 is 18.0 Å². The number of amides is 1. The Morgan fingerprint density at radius 1 is 1.17 bits per heavy atom. The lowest BCUT2D eigenvalue weighted by molar-refractivity contribution is -0.131. The van der Waals surface area contributed by atoms with Crippen molar-refractivity contribution in [3.63, 3.8) is 0 Å². The maximum atomic E-state index is 14.9. The summed E-state index contributed by atoms with van der Waals surface area (Å²) < 4.78 is 29.3. The standard InChI is InChI=1S/C21H23F2N3O3/c22-15-4-13-14(19(20(15)23)18-10-3-11(18)6-24-5-10)8-26(21(13)29)12-1-2-16(25-7-12)17(28)9-27/h4,9-12,16,18,24-25H,1-3,5-8H2. The molecule has 5 rings (SSSR count). The number of ketones is 1. The number of halogens is 2. The van der Waals surface area contributed by atoms with E-state index in [2.05, 4.69) is 10.6 Å². The molecule has 4 unspecified atom stereocenters.